The Morgan fingerprint density at radius 1 is 1.32 bits per heavy atom. The van der Waals surface area contributed by atoms with Crippen LogP contribution in [-0.4, -0.2) is 29.5 Å². The van der Waals surface area contributed by atoms with Gasteiger partial charge in [-0.05, 0) is 23.8 Å². The average Bonchev–Trinajstić information content (AvgIpc) is 2.91. The smallest absolute Gasteiger partial charge is 0.0645 e. The van der Waals surface area contributed by atoms with Gasteiger partial charge in [0.1, 0.15) is 0 Å². The molecule has 3 rings (SSSR count). The molecule has 1 N–H and O–H groups in total. The summed E-state index contributed by atoms with van der Waals surface area (Å²) < 4.78 is 7.11. The van der Waals surface area contributed by atoms with E-state index < -0.39 is 0 Å². The van der Waals surface area contributed by atoms with Crippen molar-refractivity contribution in [2.45, 2.75) is 13.5 Å². The van der Waals surface area contributed by atoms with Crippen LogP contribution in [0.3, 0.4) is 0 Å². The number of nitrogens with one attached hydrogen (secondary N) is 1. The van der Waals surface area contributed by atoms with E-state index in [2.05, 4.69) is 41.6 Å². The highest BCUT2D eigenvalue weighted by Gasteiger charge is 2.32. The van der Waals surface area contributed by atoms with E-state index in [1.54, 1.807) is 6.20 Å². The molecule has 4 heteroatoms. The highest BCUT2D eigenvalue weighted by molar-refractivity contribution is 5.33. The molecule has 0 radical (unpaired) electrons. The second-order valence-electron chi connectivity index (χ2n) is 5.52. The summed E-state index contributed by atoms with van der Waals surface area (Å²) in [6.07, 6.45) is 3.74. The topological polar surface area (TPSA) is 39.1 Å². The van der Waals surface area contributed by atoms with E-state index in [-0.39, 0.29) is 0 Å². The molecule has 1 fully saturated rings. The molecule has 0 saturated carbocycles. The van der Waals surface area contributed by atoms with Crippen molar-refractivity contribution in [2.24, 2.45) is 5.41 Å². The van der Waals surface area contributed by atoms with Gasteiger partial charge >= 0.3 is 0 Å². The third-order valence-corrected chi connectivity index (χ3v) is 3.49. The van der Waals surface area contributed by atoms with Crippen molar-refractivity contribution in [1.82, 2.24) is 15.1 Å². The Morgan fingerprint density at radius 3 is 2.68 bits per heavy atom. The molecule has 1 aliphatic rings. The molecule has 1 saturated heterocycles. The highest BCUT2D eigenvalue weighted by Crippen LogP contribution is 2.25. The maximum atomic E-state index is 5.25. The van der Waals surface area contributed by atoms with Crippen molar-refractivity contribution < 1.29 is 4.74 Å². The molecule has 0 bridgehead atoms. The Labute approximate surface area is 113 Å². The van der Waals surface area contributed by atoms with E-state index in [0.29, 0.717) is 5.41 Å². The minimum atomic E-state index is 0.328. The van der Waals surface area contributed by atoms with Crippen LogP contribution < -0.4 is 5.32 Å². The molecule has 1 aliphatic heterocycles. The van der Waals surface area contributed by atoms with Crippen LogP contribution in [0, 0.1) is 5.41 Å². The third kappa shape index (κ3) is 2.85. The van der Waals surface area contributed by atoms with Gasteiger partial charge in [0.05, 0.1) is 18.9 Å². The first-order valence-electron chi connectivity index (χ1n) is 6.63. The van der Waals surface area contributed by atoms with Crippen LogP contribution in [0.5, 0.6) is 0 Å². The summed E-state index contributed by atoms with van der Waals surface area (Å²) in [7, 11) is 0. The third-order valence-electron chi connectivity index (χ3n) is 3.49. The normalized spacial score (nSPS) is 17.1. The molecule has 0 atom stereocenters. The number of nitrogens with zero attached hydrogens (tertiary/aromatic N) is 2. The van der Waals surface area contributed by atoms with Crippen LogP contribution in [-0.2, 0) is 11.3 Å². The lowest BCUT2D eigenvalue weighted by Crippen LogP contribution is -2.47. The van der Waals surface area contributed by atoms with Crippen LogP contribution in [0.15, 0.2) is 42.7 Å². The Bertz CT molecular complexity index is 515. The number of rotatable bonds is 5. The summed E-state index contributed by atoms with van der Waals surface area (Å²) in [5.74, 6) is 0. The van der Waals surface area contributed by atoms with Crippen LogP contribution in [0.2, 0.25) is 0 Å². The number of hydrogen-bond donors (Lipinski definition) is 1. The van der Waals surface area contributed by atoms with Crippen LogP contribution in [0.25, 0.3) is 5.69 Å². The number of hydrogen-bond acceptors (Lipinski definition) is 3. The van der Waals surface area contributed by atoms with Crippen molar-refractivity contribution >= 4 is 0 Å². The van der Waals surface area contributed by atoms with Gasteiger partial charge in [0, 0.05) is 30.9 Å². The lowest BCUT2D eigenvalue weighted by molar-refractivity contribution is -0.0991. The van der Waals surface area contributed by atoms with Gasteiger partial charge in [0.25, 0.3) is 0 Å². The molecule has 1 aromatic carbocycles. The fourth-order valence-electron chi connectivity index (χ4n) is 2.25. The van der Waals surface area contributed by atoms with Gasteiger partial charge in [-0.3, -0.25) is 0 Å². The first-order chi connectivity index (χ1) is 9.25. The standard InChI is InChI=1S/C15H19N3O/c1-15(11-19-12-15)10-16-9-13-3-5-14(6-4-13)18-8-2-7-17-18/h2-8,16H,9-12H2,1H3. The molecule has 19 heavy (non-hydrogen) atoms. The molecule has 0 spiro atoms. The first kappa shape index (κ1) is 12.4. The average molecular weight is 257 g/mol. The summed E-state index contributed by atoms with van der Waals surface area (Å²) in [5.41, 5.74) is 2.71. The Morgan fingerprint density at radius 2 is 2.11 bits per heavy atom. The molecule has 2 aromatic rings. The zero-order chi connectivity index (χ0) is 13.1. The van der Waals surface area contributed by atoms with E-state index in [9.17, 15) is 0 Å². The minimum Gasteiger partial charge on any atom is -0.380 e. The molecule has 100 valence electrons. The monoisotopic (exact) mass is 257 g/mol. The van der Waals surface area contributed by atoms with Crippen molar-refractivity contribution in [3.63, 3.8) is 0 Å². The molecule has 0 amide bonds. The second-order valence-corrected chi connectivity index (χ2v) is 5.52. The number of benzene rings is 1. The van der Waals surface area contributed by atoms with Gasteiger partial charge in [-0.1, -0.05) is 19.1 Å². The van der Waals surface area contributed by atoms with Crippen LogP contribution in [0.4, 0.5) is 0 Å². The van der Waals surface area contributed by atoms with Crippen molar-refractivity contribution in [3.8, 4) is 5.69 Å². The molecule has 4 nitrogen and oxygen atoms in total. The molecule has 1 aromatic heterocycles. The maximum absolute atomic E-state index is 5.25. The Kier molecular flexibility index (Phi) is 3.36. The van der Waals surface area contributed by atoms with Gasteiger partial charge in [-0.25, -0.2) is 4.68 Å². The van der Waals surface area contributed by atoms with Crippen LogP contribution in [0.1, 0.15) is 12.5 Å². The van der Waals surface area contributed by atoms with E-state index >= 15 is 0 Å². The minimum absolute atomic E-state index is 0.328. The largest absolute Gasteiger partial charge is 0.380 e. The fraction of sp³-hybridized carbons (Fsp3) is 0.400. The highest BCUT2D eigenvalue weighted by atomic mass is 16.5. The van der Waals surface area contributed by atoms with E-state index in [4.69, 9.17) is 4.74 Å². The summed E-state index contributed by atoms with van der Waals surface area (Å²) in [6.45, 7) is 5.91. The summed E-state index contributed by atoms with van der Waals surface area (Å²) in [5, 5.41) is 7.71. The van der Waals surface area contributed by atoms with E-state index in [1.807, 2.05) is 16.9 Å². The second kappa shape index (κ2) is 5.15. The summed E-state index contributed by atoms with van der Waals surface area (Å²) in [6, 6.07) is 10.4. The summed E-state index contributed by atoms with van der Waals surface area (Å²) >= 11 is 0. The molecular weight excluding hydrogens is 238 g/mol. The fourth-order valence-corrected chi connectivity index (χ4v) is 2.25. The van der Waals surface area contributed by atoms with Gasteiger partial charge in [-0.2, -0.15) is 5.10 Å². The van der Waals surface area contributed by atoms with Gasteiger partial charge in [-0.15, -0.1) is 0 Å². The number of aromatic nitrogens is 2. The number of ether oxygens (including phenoxy) is 1. The quantitative estimate of drug-likeness (QED) is 0.890. The van der Waals surface area contributed by atoms with Crippen molar-refractivity contribution in [3.05, 3.63) is 48.3 Å². The van der Waals surface area contributed by atoms with Crippen LogP contribution >= 0.6 is 0 Å². The lowest BCUT2D eigenvalue weighted by Gasteiger charge is -2.38. The lowest BCUT2D eigenvalue weighted by atomic mass is 9.89. The predicted octanol–water partition coefficient (Wildman–Crippen LogP) is 2.00. The molecule has 0 unspecified atom stereocenters. The Balaban J connectivity index is 1.54. The van der Waals surface area contributed by atoms with E-state index in [0.717, 1.165) is 32.0 Å². The first-order valence-corrected chi connectivity index (χ1v) is 6.63. The summed E-state index contributed by atoms with van der Waals surface area (Å²) in [4.78, 5) is 0. The Hall–Kier alpha value is -1.65. The maximum Gasteiger partial charge on any atom is 0.0645 e. The van der Waals surface area contributed by atoms with Gasteiger partial charge in [0.15, 0.2) is 0 Å². The van der Waals surface area contributed by atoms with Gasteiger partial charge < -0.3 is 10.1 Å². The van der Waals surface area contributed by atoms with E-state index in [1.165, 1.54) is 5.56 Å². The molecule has 0 aliphatic carbocycles. The SMILES string of the molecule is CC1(CNCc2ccc(-n3cccn3)cc2)COC1. The predicted molar refractivity (Wildman–Crippen MR) is 74.2 cm³/mol. The van der Waals surface area contributed by atoms with Crippen molar-refractivity contribution in [1.29, 1.82) is 0 Å². The molecular formula is C15H19N3O. The molecule has 2 heterocycles. The van der Waals surface area contributed by atoms with Gasteiger partial charge in [0.2, 0.25) is 0 Å². The van der Waals surface area contributed by atoms with Crippen molar-refractivity contribution in [2.75, 3.05) is 19.8 Å². The zero-order valence-electron chi connectivity index (χ0n) is 11.2. The zero-order valence-corrected chi connectivity index (χ0v) is 11.2.